The lowest BCUT2D eigenvalue weighted by molar-refractivity contribution is -0.138. The maximum absolute atomic E-state index is 10.7. The molecule has 0 amide bonds. The van der Waals surface area contributed by atoms with Crippen LogP contribution in [-0.2, 0) is 16.1 Å². The fourth-order valence-electron chi connectivity index (χ4n) is 1.73. The fourth-order valence-corrected chi connectivity index (χ4v) is 1.73. The third-order valence-corrected chi connectivity index (χ3v) is 2.40. The second-order valence-corrected chi connectivity index (χ2v) is 3.56. The molecule has 0 saturated carbocycles. The summed E-state index contributed by atoms with van der Waals surface area (Å²) in [7, 11) is 0. The average Bonchev–Trinajstić information content (AvgIpc) is 2.26. The largest absolute Gasteiger partial charge is 0.385 e. The predicted molar refractivity (Wildman–Crippen MR) is 58.6 cm³/mol. The summed E-state index contributed by atoms with van der Waals surface area (Å²) < 4.78 is 0. The van der Waals surface area contributed by atoms with Crippen LogP contribution in [-0.4, -0.2) is 12.5 Å². The predicted octanol–water partition coefficient (Wildman–Crippen LogP) is 1.93. The zero-order chi connectivity index (χ0) is 10.7. The van der Waals surface area contributed by atoms with E-state index >= 15 is 0 Å². The van der Waals surface area contributed by atoms with Gasteiger partial charge >= 0.3 is 5.97 Å². The molecule has 0 spiro atoms. The minimum atomic E-state index is -0.337. The van der Waals surface area contributed by atoms with Crippen LogP contribution in [0.3, 0.4) is 0 Å². The molecule has 1 aliphatic rings. The van der Waals surface area contributed by atoms with Crippen molar-refractivity contribution in [1.29, 1.82) is 0 Å². The Balaban J connectivity index is 2.19. The monoisotopic (exact) mass is 206 g/mol. The Bertz CT molecular complexity index is 377. The van der Waals surface area contributed by atoms with Gasteiger partial charge in [-0.25, -0.2) is 5.48 Å². The van der Waals surface area contributed by atoms with E-state index in [9.17, 15) is 4.79 Å². The Morgan fingerprint density at radius 1 is 1.53 bits per heavy atom. The topological polar surface area (TPSA) is 50.4 Å². The first-order valence-corrected chi connectivity index (χ1v) is 5.06. The Kier molecular flexibility index (Phi) is 2.76. The summed E-state index contributed by atoms with van der Waals surface area (Å²) >= 11 is 0. The quantitative estimate of drug-likeness (QED) is 0.726. The lowest BCUT2D eigenvalue weighted by Gasteiger charge is -2.20. The van der Waals surface area contributed by atoms with Crippen molar-refractivity contribution in [2.24, 2.45) is 0 Å². The van der Waals surface area contributed by atoms with Gasteiger partial charge in [0.15, 0.2) is 0 Å². The molecule has 0 aliphatic carbocycles. The summed E-state index contributed by atoms with van der Waals surface area (Å²) in [6.45, 7) is 2.38. The molecule has 4 nitrogen and oxygen atoms in total. The minimum absolute atomic E-state index is 0.337. The number of hydrogen-bond donors (Lipinski definition) is 2. The lowest BCUT2D eigenvalue weighted by atomic mass is 10.0. The molecule has 1 aliphatic heterocycles. The van der Waals surface area contributed by atoms with E-state index < -0.39 is 0 Å². The SMILES string of the molecule is CC(=O)ONc1cccc2c1CCCN2. The number of anilines is 2. The number of carbonyl (C=O) groups excluding carboxylic acids is 1. The Morgan fingerprint density at radius 3 is 3.20 bits per heavy atom. The smallest absolute Gasteiger partial charge is 0.329 e. The van der Waals surface area contributed by atoms with Gasteiger partial charge in [0.1, 0.15) is 0 Å². The molecular weight excluding hydrogens is 192 g/mol. The van der Waals surface area contributed by atoms with Crippen molar-refractivity contribution in [3.8, 4) is 0 Å². The van der Waals surface area contributed by atoms with Crippen LogP contribution >= 0.6 is 0 Å². The first-order valence-electron chi connectivity index (χ1n) is 5.06. The molecule has 0 fully saturated rings. The molecule has 0 aromatic heterocycles. The van der Waals surface area contributed by atoms with Gasteiger partial charge in [0.05, 0.1) is 5.69 Å². The number of fused-ring (bicyclic) bond motifs is 1. The molecule has 4 heteroatoms. The second kappa shape index (κ2) is 4.21. The highest BCUT2D eigenvalue weighted by Crippen LogP contribution is 2.28. The van der Waals surface area contributed by atoms with Crippen molar-refractivity contribution >= 4 is 17.3 Å². The minimum Gasteiger partial charge on any atom is -0.385 e. The van der Waals surface area contributed by atoms with Gasteiger partial charge in [-0.05, 0) is 25.0 Å². The normalized spacial score (nSPS) is 13.7. The second-order valence-electron chi connectivity index (χ2n) is 3.56. The standard InChI is InChI=1S/C11H14N2O2/c1-8(14)15-13-11-6-2-5-10-9(11)4-3-7-12-10/h2,5-6,12-13H,3-4,7H2,1H3. The summed E-state index contributed by atoms with van der Waals surface area (Å²) in [4.78, 5) is 15.5. The summed E-state index contributed by atoms with van der Waals surface area (Å²) in [5.41, 5.74) is 5.86. The Hall–Kier alpha value is -1.71. The molecule has 0 bridgehead atoms. The van der Waals surface area contributed by atoms with Crippen molar-refractivity contribution < 1.29 is 9.63 Å². The molecule has 2 rings (SSSR count). The number of benzene rings is 1. The van der Waals surface area contributed by atoms with Gasteiger partial charge in [-0.3, -0.25) is 4.79 Å². The van der Waals surface area contributed by atoms with Crippen molar-refractivity contribution in [2.45, 2.75) is 19.8 Å². The number of rotatable bonds is 2. The van der Waals surface area contributed by atoms with Crippen LogP contribution in [0.1, 0.15) is 18.9 Å². The summed E-state index contributed by atoms with van der Waals surface area (Å²) in [6.07, 6.45) is 2.11. The summed E-state index contributed by atoms with van der Waals surface area (Å²) in [5.74, 6) is -0.337. The summed E-state index contributed by atoms with van der Waals surface area (Å²) in [5, 5.41) is 3.31. The van der Waals surface area contributed by atoms with Gasteiger partial charge in [0, 0.05) is 24.7 Å². The molecule has 1 heterocycles. The van der Waals surface area contributed by atoms with Gasteiger partial charge in [-0.1, -0.05) is 6.07 Å². The van der Waals surface area contributed by atoms with Crippen molar-refractivity contribution in [3.05, 3.63) is 23.8 Å². The Labute approximate surface area is 88.6 Å². The number of hydrogen-bond acceptors (Lipinski definition) is 4. The van der Waals surface area contributed by atoms with Gasteiger partial charge in [0.25, 0.3) is 0 Å². The first kappa shape index (κ1) is 9.83. The van der Waals surface area contributed by atoms with Crippen LogP contribution in [0.15, 0.2) is 18.2 Å². The van der Waals surface area contributed by atoms with E-state index in [2.05, 4.69) is 10.8 Å². The molecule has 80 valence electrons. The summed E-state index contributed by atoms with van der Waals surface area (Å²) in [6, 6.07) is 5.88. The fraction of sp³-hybridized carbons (Fsp3) is 0.364. The van der Waals surface area contributed by atoms with E-state index in [1.807, 2.05) is 18.2 Å². The van der Waals surface area contributed by atoms with Crippen LogP contribution in [0, 0.1) is 0 Å². The molecule has 1 aromatic carbocycles. The number of nitrogens with one attached hydrogen (secondary N) is 2. The van der Waals surface area contributed by atoms with E-state index in [0.29, 0.717) is 0 Å². The van der Waals surface area contributed by atoms with Crippen LogP contribution in [0.4, 0.5) is 11.4 Å². The van der Waals surface area contributed by atoms with Crippen LogP contribution in [0.5, 0.6) is 0 Å². The third-order valence-electron chi connectivity index (χ3n) is 2.40. The van der Waals surface area contributed by atoms with Crippen molar-refractivity contribution in [3.63, 3.8) is 0 Å². The number of carbonyl (C=O) groups is 1. The van der Waals surface area contributed by atoms with E-state index in [1.165, 1.54) is 12.5 Å². The average molecular weight is 206 g/mol. The zero-order valence-electron chi connectivity index (χ0n) is 8.67. The van der Waals surface area contributed by atoms with Crippen molar-refractivity contribution in [2.75, 3.05) is 17.3 Å². The van der Waals surface area contributed by atoms with Gasteiger partial charge in [-0.2, -0.15) is 0 Å². The Morgan fingerprint density at radius 2 is 2.40 bits per heavy atom. The third kappa shape index (κ3) is 2.21. The van der Waals surface area contributed by atoms with E-state index in [0.717, 1.165) is 30.8 Å². The van der Waals surface area contributed by atoms with Crippen LogP contribution in [0.25, 0.3) is 0 Å². The maximum Gasteiger partial charge on any atom is 0.329 e. The molecular formula is C11H14N2O2. The van der Waals surface area contributed by atoms with Crippen molar-refractivity contribution in [1.82, 2.24) is 0 Å². The molecule has 0 radical (unpaired) electrons. The molecule has 0 saturated heterocycles. The maximum atomic E-state index is 10.7. The molecule has 15 heavy (non-hydrogen) atoms. The lowest BCUT2D eigenvalue weighted by Crippen LogP contribution is -2.15. The van der Waals surface area contributed by atoms with Crippen LogP contribution < -0.4 is 10.8 Å². The highest BCUT2D eigenvalue weighted by Gasteiger charge is 2.12. The van der Waals surface area contributed by atoms with E-state index in [-0.39, 0.29) is 5.97 Å². The molecule has 2 N–H and O–H groups in total. The van der Waals surface area contributed by atoms with E-state index in [4.69, 9.17) is 4.84 Å². The highest BCUT2D eigenvalue weighted by molar-refractivity contribution is 5.70. The van der Waals surface area contributed by atoms with Crippen LogP contribution in [0.2, 0.25) is 0 Å². The van der Waals surface area contributed by atoms with Gasteiger partial charge < -0.3 is 10.2 Å². The highest BCUT2D eigenvalue weighted by atomic mass is 16.7. The first-order chi connectivity index (χ1) is 7.27. The molecule has 1 aromatic rings. The van der Waals surface area contributed by atoms with E-state index in [1.54, 1.807) is 0 Å². The molecule has 0 unspecified atom stereocenters. The zero-order valence-corrected chi connectivity index (χ0v) is 8.67. The molecule has 0 atom stereocenters. The van der Waals surface area contributed by atoms with Gasteiger partial charge in [-0.15, -0.1) is 0 Å². The van der Waals surface area contributed by atoms with Gasteiger partial charge in [0.2, 0.25) is 0 Å².